The van der Waals surface area contributed by atoms with Crippen LogP contribution in [-0.2, 0) is 0 Å². The summed E-state index contributed by atoms with van der Waals surface area (Å²) in [6.07, 6.45) is 2.86. The third-order valence-corrected chi connectivity index (χ3v) is 2.72. The maximum atomic E-state index is 9.63. The van der Waals surface area contributed by atoms with E-state index in [9.17, 15) is 5.11 Å². The fourth-order valence-electron chi connectivity index (χ4n) is 1.31. The highest BCUT2D eigenvalue weighted by atomic mass is 79.9. The lowest BCUT2D eigenvalue weighted by Crippen LogP contribution is -1.96. The predicted molar refractivity (Wildman–Crippen MR) is 75.6 cm³/mol. The smallest absolute Gasteiger partial charge is 0.218 e. The zero-order valence-corrected chi connectivity index (χ0v) is 11.6. The molecule has 2 N–H and O–H groups in total. The van der Waals surface area contributed by atoms with Crippen LogP contribution in [0.15, 0.2) is 40.2 Å². The minimum absolute atomic E-state index is 0.147. The summed E-state index contributed by atoms with van der Waals surface area (Å²) in [7, 11) is 1.52. The zero-order chi connectivity index (χ0) is 13.7. The molecule has 0 spiro atoms. The van der Waals surface area contributed by atoms with E-state index in [2.05, 4.69) is 36.4 Å². The molecular weight excluding hydrogens is 312 g/mol. The van der Waals surface area contributed by atoms with Gasteiger partial charge in [0.1, 0.15) is 12.1 Å². The van der Waals surface area contributed by atoms with Gasteiger partial charge in [-0.05, 0) is 18.2 Å². The van der Waals surface area contributed by atoms with Crippen LogP contribution in [0.2, 0.25) is 0 Å². The van der Waals surface area contributed by atoms with Gasteiger partial charge >= 0.3 is 0 Å². The van der Waals surface area contributed by atoms with Crippen LogP contribution in [0.1, 0.15) is 5.56 Å². The van der Waals surface area contributed by atoms with E-state index in [4.69, 9.17) is 4.74 Å². The van der Waals surface area contributed by atoms with E-state index < -0.39 is 0 Å². The Morgan fingerprint density at radius 2 is 2.21 bits per heavy atom. The number of aromatic hydroxyl groups is 1. The van der Waals surface area contributed by atoms with Crippen LogP contribution in [0.25, 0.3) is 0 Å². The number of rotatable bonds is 4. The minimum atomic E-state index is 0.147. The zero-order valence-electron chi connectivity index (χ0n) is 10.0. The largest absolute Gasteiger partial charge is 0.507 e. The predicted octanol–water partition coefficient (Wildman–Crippen LogP) is 2.40. The molecule has 0 aliphatic rings. The van der Waals surface area contributed by atoms with Crippen LogP contribution in [0.4, 0.5) is 5.82 Å². The molecule has 0 aliphatic carbocycles. The lowest BCUT2D eigenvalue weighted by molar-refractivity contribution is 0.397. The van der Waals surface area contributed by atoms with Crippen molar-refractivity contribution in [1.29, 1.82) is 0 Å². The van der Waals surface area contributed by atoms with E-state index >= 15 is 0 Å². The maximum absolute atomic E-state index is 9.63. The van der Waals surface area contributed by atoms with Crippen molar-refractivity contribution in [2.75, 3.05) is 12.5 Å². The molecule has 7 heteroatoms. The number of hydrogen-bond donors (Lipinski definition) is 2. The van der Waals surface area contributed by atoms with Gasteiger partial charge in [-0.1, -0.05) is 15.9 Å². The maximum Gasteiger partial charge on any atom is 0.218 e. The van der Waals surface area contributed by atoms with Crippen molar-refractivity contribution in [2.24, 2.45) is 5.10 Å². The molecule has 19 heavy (non-hydrogen) atoms. The Bertz CT molecular complexity index is 604. The SMILES string of the molecule is COc1cc(N/N=C\c2cc(Br)ccc2O)ncn1. The first-order chi connectivity index (χ1) is 9.19. The van der Waals surface area contributed by atoms with Gasteiger partial charge in [0.05, 0.1) is 13.3 Å². The summed E-state index contributed by atoms with van der Waals surface area (Å²) in [6.45, 7) is 0. The topological polar surface area (TPSA) is 79.6 Å². The first-order valence-corrected chi connectivity index (χ1v) is 6.12. The number of aromatic nitrogens is 2. The summed E-state index contributed by atoms with van der Waals surface area (Å²) in [6, 6.07) is 6.69. The fraction of sp³-hybridized carbons (Fsp3) is 0.0833. The Morgan fingerprint density at radius 1 is 1.37 bits per heavy atom. The van der Waals surface area contributed by atoms with Crippen molar-refractivity contribution < 1.29 is 9.84 Å². The molecule has 2 aromatic rings. The Morgan fingerprint density at radius 3 is 3.00 bits per heavy atom. The first-order valence-electron chi connectivity index (χ1n) is 5.32. The van der Waals surface area contributed by atoms with Crippen molar-refractivity contribution in [3.8, 4) is 11.6 Å². The summed E-state index contributed by atoms with van der Waals surface area (Å²) in [5, 5.41) is 13.6. The monoisotopic (exact) mass is 322 g/mol. The van der Waals surface area contributed by atoms with Crippen LogP contribution >= 0.6 is 15.9 Å². The highest BCUT2D eigenvalue weighted by Gasteiger charge is 1.99. The van der Waals surface area contributed by atoms with Gasteiger partial charge in [0.2, 0.25) is 5.88 Å². The third-order valence-electron chi connectivity index (χ3n) is 2.22. The number of methoxy groups -OCH3 is 1. The minimum Gasteiger partial charge on any atom is -0.507 e. The molecule has 0 radical (unpaired) electrons. The highest BCUT2D eigenvalue weighted by Crippen LogP contribution is 2.20. The first kappa shape index (κ1) is 13.3. The third kappa shape index (κ3) is 3.65. The molecule has 0 saturated heterocycles. The van der Waals surface area contributed by atoms with Gasteiger partial charge in [0.15, 0.2) is 5.82 Å². The van der Waals surface area contributed by atoms with E-state index in [0.29, 0.717) is 17.3 Å². The molecule has 1 aromatic carbocycles. The number of anilines is 1. The average Bonchev–Trinajstić information content (AvgIpc) is 2.43. The number of benzene rings is 1. The lowest BCUT2D eigenvalue weighted by Gasteiger charge is -2.02. The molecule has 98 valence electrons. The Kier molecular flexibility index (Phi) is 4.30. The molecular formula is C12H11BrN4O2. The van der Waals surface area contributed by atoms with Crippen molar-refractivity contribution in [2.45, 2.75) is 0 Å². The molecule has 0 aliphatic heterocycles. The number of phenolic OH excluding ortho intramolecular Hbond substituents is 1. The van der Waals surface area contributed by atoms with Gasteiger partial charge < -0.3 is 9.84 Å². The molecule has 0 atom stereocenters. The van der Waals surface area contributed by atoms with E-state index in [1.165, 1.54) is 19.7 Å². The van der Waals surface area contributed by atoms with E-state index in [0.717, 1.165) is 4.47 Å². The molecule has 2 rings (SSSR count). The fourth-order valence-corrected chi connectivity index (χ4v) is 1.69. The van der Waals surface area contributed by atoms with Crippen molar-refractivity contribution >= 4 is 28.0 Å². The molecule has 0 saturated carbocycles. The summed E-state index contributed by atoms with van der Waals surface area (Å²) in [5.41, 5.74) is 3.31. The van der Waals surface area contributed by atoms with Crippen molar-refractivity contribution in [3.63, 3.8) is 0 Å². The van der Waals surface area contributed by atoms with E-state index in [-0.39, 0.29) is 5.75 Å². The second kappa shape index (κ2) is 6.14. The van der Waals surface area contributed by atoms with E-state index in [1.54, 1.807) is 24.3 Å². The Balaban J connectivity index is 2.08. The van der Waals surface area contributed by atoms with Gasteiger partial charge in [0.25, 0.3) is 0 Å². The number of phenols is 1. The molecule has 0 amide bonds. The second-order valence-corrected chi connectivity index (χ2v) is 4.43. The number of hydrogen-bond acceptors (Lipinski definition) is 6. The van der Waals surface area contributed by atoms with Crippen LogP contribution in [0.5, 0.6) is 11.6 Å². The Labute approximate surface area is 118 Å². The van der Waals surface area contributed by atoms with Crippen LogP contribution in [0, 0.1) is 0 Å². The molecule has 0 unspecified atom stereocenters. The van der Waals surface area contributed by atoms with Crippen molar-refractivity contribution in [3.05, 3.63) is 40.6 Å². The lowest BCUT2D eigenvalue weighted by atomic mass is 10.2. The number of nitrogens with one attached hydrogen (secondary N) is 1. The molecule has 1 heterocycles. The van der Waals surface area contributed by atoms with Crippen LogP contribution in [0.3, 0.4) is 0 Å². The number of hydrazone groups is 1. The van der Waals surface area contributed by atoms with Gasteiger partial charge in [-0.25, -0.2) is 9.97 Å². The quantitative estimate of drug-likeness (QED) is 0.667. The summed E-state index contributed by atoms with van der Waals surface area (Å²) >= 11 is 3.32. The summed E-state index contributed by atoms with van der Waals surface area (Å²) < 4.78 is 5.82. The standard InChI is InChI=1S/C12H11BrN4O2/c1-19-12-5-11(14-7-15-12)17-16-6-8-4-9(13)2-3-10(8)18/h2-7,18H,1H3,(H,14,15,17)/b16-6-. The summed E-state index contributed by atoms with van der Waals surface area (Å²) in [5.74, 6) is 1.09. The number of ether oxygens (including phenoxy) is 1. The van der Waals surface area contributed by atoms with E-state index in [1.807, 2.05) is 0 Å². The number of nitrogens with zero attached hydrogens (tertiary/aromatic N) is 3. The van der Waals surface area contributed by atoms with Gasteiger partial charge in [0, 0.05) is 16.1 Å². The van der Waals surface area contributed by atoms with Crippen LogP contribution < -0.4 is 10.2 Å². The van der Waals surface area contributed by atoms with Gasteiger partial charge in [-0.2, -0.15) is 5.10 Å². The molecule has 0 bridgehead atoms. The molecule has 1 aromatic heterocycles. The van der Waals surface area contributed by atoms with Crippen LogP contribution in [-0.4, -0.2) is 28.4 Å². The average molecular weight is 323 g/mol. The normalized spacial score (nSPS) is 10.6. The summed E-state index contributed by atoms with van der Waals surface area (Å²) in [4.78, 5) is 7.85. The van der Waals surface area contributed by atoms with Gasteiger partial charge in [-0.15, -0.1) is 0 Å². The van der Waals surface area contributed by atoms with Gasteiger partial charge in [-0.3, -0.25) is 5.43 Å². The second-order valence-electron chi connectivity index (χ2n) is 3.52. The molecule has 0 fully saturated rings. The highest BCUT2D eigenvalue weighted by molar-refractivity contribution is 9.10. The molecule has 6 nitrogen and oxygen atoms in total. The number of halogens is 1. The Hall–Kier alpha value is -2.15. The van der Waals surface area contributed by atoms with Crippen molar-refractivity contribution in [1.82, 2.24) is 9.97 Å².